The second kappa shape index (κ2) is 11.5. The van der Waals surface area contributed by atoms with E-state index in [2.05, 4.69) is 10.6 Å². The van der Waals surface area contributed by atoms with Crippen molar-refractivity contribution in [1.29, 1.82) is 0 Å². The van der Waals surface area contributed by atoms with Gasteiger partial charge in [0, 0.05) is 4.88 Å². The summed E-state index contributed by atoms with van der Waals surface area (Å²) in [5, 5.41) is 16.7. The Balaban J connectivity index is 2.98. The molecule has 32 heavy (non-hydrogen) atoms. The molecule has 0 aliphatic heterocycles. The van der Waals surface area contributed by atoms with Crippen LogP contribution < -0.4 is 10.6 Å². The third-order valence-corrected chi connectivity index (χ3v) is 4.12. The van der Waals surface area contributed by atoms with Crippen molar-refractivity contribution in [3.63, 3.8) is 0 Å². The van der Waals surface area contributed by atoms with E-state index in [0.29, 0.717) is 0 Å². The third kappa shape index (κ3) is 10.8. The molecule has 0 aromatic carbocycles. The molecule has 0 spiro atoms. The number of hydrogen-bond acceptors (Lipinski definition) is 8. The molecule has 1 aromatic rings. The van der Waals surface area contributed by atoms with Gasteiger partial charge in [-0.2, -0.15) is 0 Å². The van der Waals surface area contributed by atoms with Crippen molar-refractivity contribution >= 4 is 41.2 Å². The number of aliphatic hydroxyl groups excluding tert-OH is 1. The Labute approximate surface area is 191 Å². The van der Waals surface area contributed by atoms with Crippen molar-refractivity contribution in [3.8, 4) is 0 Å². The van der Waals surface area contributed by atoms with Crippen LogP contribution in [0.15, 0.2) is 34.9 Å². The number of aliphatic hydroxyl groups is 1. The van der Waals surface area contributed by atoms with E-state index in [4.69, 9.17) is 9.47 Å². The minimum atomic E-state index is -1.01. The van der Waals surface area contributed by atoms with Crippen molar-refractivity contribution in [1.82, 2.24) is 10.6 Å². The topological polar surface area (TPSA) is 131 Å². The van der Waals surface area contributed by atoms with Crippen LogP contribution in [0.4, 0.5) is 0 Å². The number of allylic oxidation sites excluding steroid dienone is 1. The zero-order valence-corrected chi connectivity index (χ0v) is 19.9. The van der Waals surface area contributed by atoms with Gasteiger partial charge in [-0.05, 0) is 65.1 Å². The molecular weight excluding hydrogens is 436 g/mol. The predicted molar refractivity (Wildman–Crippen MR) is 121 cm³/mol. The SMILES string of the molecule is CC(C)(C)OC(=O)CNC(=O)C(C(=O)NCC(=O)OC(C)(C)C)=C(O)/C=C/c1cccs1. The van der Waals surface area contributed by atoms with Crippen LogP contribution in [-0.4, -0.2) is 53.2 Å². The molecule has 1 rings (SSSR count). The predicted octanol–water partition coefficient (Wildman–Crippen LogP) is 2.49. The van der Waals surface area contributed by atoms with Gasteiger partial charge < -0.3 is 25.2 Å². The Morgan fingerprint density at radius 1 is 0.938 bits per heavy atom. The lowest BCUT2D eigenvalue weighted by molar-refractivity contribution is -0.154. The summed E-state index contributed by atoms with van der Waals surface area (Å²) in [6.07, 6.45) is 2.70. The van der Waals surface area contributed by atoms with Gasteiger partial charge in [0.25, 0.3) is 11.8 Å². The van der Waals surface area contributed by atoms with Crippen molar-refractivity contribution in [2.24, 2.45) is 0 Å². The quantitative estimate of drug-likeness (QED) is 0.134. The van der Waals surface area contributed by atoms with Crippen LogP contribution in [0.25, 0.3) is 6.08 Å². The van der Waals surface area contributed by atoms with E-state index in [0.717, 1.165) is 4.88 Å². The first-order valence-electron chi connectivity index (χ1n) is 9.83. The van der Waals surface area contributed by atoms with E-state index < -0.39 is 59.4 Å². The molecule has 0 unspecified atom stereocenters. The molecule has 0 aliphatic carbocycles. The maximum Gasteiger partial charge on any atom is 0.325 e. The van der Waals surface area contributed by atoms with Gasteiger partial charge in [0.15, 0.2) is 0 Å². The van der Waals surface area contributed by atoms with Crippen molar-refractivity contribution in [3.05, 3.63) is 39.8 Å². The highest BCUT2D eigenvalue weighted by Crippen LogP contribution is 2.13. The van der Waals surface area contributed by atoms with Crippen LogP contribution >= 0.6 is 11.3 Å². The Kier molecular flexibility index (Phi) is 9.64. The van der Waals surface area contributed by atoms with Gasteiger partial charge in [-0.25, -0.2) is 0 Å². The number of carbonyl (C=O) groups is 4. The van der Waals surface area contributed by atoms with E-state index in [9.17, 15) is 24.3 Å². The molecule has 9 nitrogen and oxygen atoms in total. The van der Waals surface area contributed by atoms with Gasteiger partial charge in [-0.1, -0.05) is 6.07 Å². The first-order valence-corrected chi connectivity index (χ1v) is 10.7. The van der Waals surface area contributed by atoms with Gasteiger partial charge in [-0.3, -0.25) is 19.2 Å². The van der Waals surface area contributed by atoms with E-state index in [1.165, 1.54) is 23.5 Å². The molecule has 0 atom stereocenters. The van der Waals surface area contributed by atoms with Crippen LogP contribution in [0.3, 0.4) is 0 Å². The zero-order valence-electron chi connectivity index (χ0n) is 19.1. The van der Waals surface area contributed by atoms with Crippen molar-refractivity contribution < 1.29 is 33.8 Å². The van der Waals surface area contributed by atoms with Gasteiger partial charge in [-0.15, -0.1) is 11.3 Å². The van der Waals surface area contributed by atoms with Crippen LogP contribution in [0.5, 0.6) is 0 Å². The summed E-state index contributed by atoms with van der Waals surface area (Å²) in [5.41, 5.74) is -2.17. The number of carbonyl (C=O) groups excluding carboxylic acids is 4. The summed E-state index contributed by atoms with van der Waals surface area (Å²) in [4.78, 5) is 49.7. The number of thiophene rings is 1. The number of esters is 2. The van der Waals surface area contributed by atoms with E-state index >= 15 is 0 Å². The number of hydrogen-bond donors (Lipinski definition) is 3. The lowest BCUT2D eigenvalue weighted by atomic mass is 10.1. The Morgan fingerprint density at radius 3 is 1.78 bits per heavy atom. The lowest BCUT2D eigenvalue weighted by Crippen LogP contribution is -2.41. The highest BCUT2D eigenvalue weighted by atomic mass is 32.1. The molecule has 0 aliphatic rings. The van der Waals surface area contributed by atoms with Crippen LogP contribution in [0, 0.1) is 0 Å². The highest BCUT2D eigenvalue weighted by molar-refractivity contribution is 7.10. The summed E-state index contributed by atoms with van der Waals surface area (Å²) >= 11 is 1.39. The largest absolute Gasteiger partial charge is 0.507 e. The van der Waals surface area contributed by atoms with E-state index in [-0.39, 0.29) is 0 Å². The molecule has 0 saturated heterocycles. The fraction of sp³-hybridized carbons (Fsp3) is 0.455. The molecule has 0 bridgehead atoms. The molecular formula is C22H30N2O7S. The maximum absolute atomic E-state index is 12.6. The Bertz CT molecular complexity index is 842. The summed E-state index contributed by atoms with van der Waals surface area (Å²) in [6, 6.07) is 3.58. The summed E-state index contributed by atoms with van der Waals surface area (Å²) in [6.45, 7) is 8.99. The third-order valence-electron chi connectivity index (χ3n) is 3.29. The maximum atomic E-state index is 12.6. The molecule has 2 amide bonds. The number of amides is 2. The standard InChI is InChI=1S/C22H30N2O7S/c1-21(2,3)30-16(26)12-23-19(28)18(15(25)10-9-14-8-7-11-32-14)20(29)24-13-17(27)31-22(4,5)6/h7-11,25H,12-13H2,1-6H3,(H,23,28)(H,24,29)/b10-9+. The second-order valence-electron chi connectivity index (χ2n) is 8.65. The van der Waals surface area contributed by atoms with Crippen LogP contribution in [0.1, 0.15) is 46.4 Å². The molecule has 3 N–H and O–H groups in total. The van der Waals surface area contributed by atoms with Crippen molar-refractivity contribution in [2.45, 2.75) is 52.7 Å². The van der Waals surface area contributed by atoms with Crippen LogP contribution in [-0.2, 0) is 28.7 Å². The fourth-order valence-corrected chi connectivity index (χ4v) is 2.82. The molecule has 0 saturated carbocycles. The first-order chi connectivity index (χ1) is 14.7. The van der Waals surface area contributed by atoms with Gasteiger partial charge in [0.2, 0.25) is 0 Å². The Morgan fingerprint density at radius 2 is 1.41 bits per heavy atom. The van der Waals surface area contributed by atoms with E-state index in [1.807, 2.05) is 5.38 Å². The summed E-state index contributed by atoms with van der Waals surface area (Å²) in [5.74, 6) is -4.08. The minimum absolute atomic E-state index is 0.513. The molecule has 1 heterocycles. The van der Waals surface area contributed by atoms with Gasteiger partial charge >= 0.3 is 11.9 Å². The normalized spacial score (nSPS) is 11.6. The van der Waals surface area contributed by atoms with Crippen LogP contribution in [0.2, 0.25) is 0 Å². The minimum Gasteiger partial charge on any atom is -0.507 e. The van der Waals surface area contributed by atoms with Crippen molar-refractivity contribution in [2.75, 3.05) is 13.1 Å². The van der Waals surface area contributed by atoms with Gasteiger partial charge in [0.1, 0.15) is 35.6 Å². The zero-order chi connectivity index (χ0) is 24.5. The van der Waals surface area contributed by atoms with Gasteiger partial charge in [0.05, 0.1) is 0 Å². The number of ether oxygens (including phenoxy) is 2. The smallest absolute Gasteiger partial charge is 0.325 e. The number of rotatable bonds is 8. The highest BCUT2D eigenvalue weighted by Gasteiger charge is 2.25. The molecule has 0 fully saturated rings. The molecule has 176 valence electrons. The summed E-state index contributed by atoms with van der Waals surface area (Å²) in [7, 11) is 0. The summed E-state index contributed by atoms with van der Waals surface area (Å²) < 4.78 is 10.2. The molecule has 1 aromatic heterocycles. The second-order valence-corrected chi connectivity index (χ2v) is 9.63. The average molecular weight is 467 g/mol. The average Bonchev–Trinajstić information content (AvgIpc) is 3.14. The monoisotopic (exact) mass is 466 g/mol. The lowest BCUT2D eigenvalue weighted by Gasteiger charge is -2.20. The molecule has 10 heteroatoms. The number of nitrogens with one attached hydrogen (secondary N) is 2. The van der Waals surface area contributed by atoms with E-state index in [1.54, 1.807) is 53.7 Å². The Hall–Kier alpha value is -3.14. The molecule has 0 radical (unpaired) electrons. The first kappa shape index (κ1) is 26.9. The fourth-order valence-electron chi connectivity index (χ4n) is 2.20.